The highest BCUT2D eigenvalue weighted by molar-refractivity contribution is 6.10. The van der Waals surface area contributed by atoms with Crippen molar-refractivity contribution in [3.05, 3.63) is 96.3 Å². The Morgan fingerprint density at radius 2 is 1.52 bits per heavy atom. The maximum absolute atomic E-state index is 4.93. The van der Waals surface area contributed by atoms with Gasteiger partial charge in [0.25, 0.3) is 0 Å². The van der Waals surface area contributed by atoms with Crippen molar-refractivity contribution in [3.63, 3.8) is 0 Å². The molecule has 0 saturated heterocycles. The quantitative estimate of drug-likeness (QED) is 0.401. The molecular weight excluding hydrogens is 304 g/mol. The second kappa shape index (κ2) is 5.60. The molecule has 25 heavy (non-hydrogen) atoms. The Bertz CT molecular complexity index is 1230. The minimum Gasteiger partial charge on any atom is -0.315 e. The van der Waals surface area contributed by atoms with Crippen LogP contribution >= 0.6 is 0 Å². The second-order valence-corrected chi connectivity index (χ2v) is 6.16. The Morgan fingerprint density at radius 1 is 0.720 bits per heavy atom. The van der Waals surface area contributed by atoms with Crippen molar-refractivity contribution in [3.8, 4) is 0 Å². The van der Waals surface area contributed by atoms with Gasteiger partial charge in [0.2, 0.25) is 0 Å². The number of pyridine rings is 2. The topological polar surface area (TPSA) is 17.3 Å². The standard InChI is InChI=1S/C23H16N2/c1-2-8-17(9-3-1)13-14-22-23-20(16-18-10-6-7-15-25(18)23)19-11-4-5-12-21(19)24-22/h1-16H/b14-13+. The van der Waals surface area contributed by atoms with Crippen molar-refractivity contribution < 1.29 is 0 Å². The smallest absolute Gasteiger partial charge is 0.0884 e. The Balaban J connectivity index is 1.85. The van der Waals surface area contributed by atoms with E-state index in [1.807, 2.05) is 12.1 Å². The molecule has 3 aromatic heterocycles. The molecule has 0 unspecified atom stereocenters. The maximum Gasteiger partial charge on any atom is 0.0884 e. The number of hydrogen-bond acceptors (Lipinski definition) is 1. The molecule has 0 aliphatic rings. The van der Waals surface area contributed by atoms with Crippen LogP contribution in [0.1, 0.15) is 11.3 Å². The molecule has 2 heteroatoms. The molecule has 5 rings (SSSR count). The summed E-state index contributed by atoms with van der Waals surface area (Å²) >= 11 is 0. The highest BCUT2D eigenvalue weighted by atomic mass is 14.9. The van der Waals surface area contributed by atoms with E-state index in [1.165, 1.54) is 21.9 Å². The van der Waals surface area contributed by atoms with Gasteiger partial charge in [-0.1, -0.05) is 60.7 Å². The fourth-order valence-electron chi connectivity index (χ4n) is 3.43. The van der Waals surface area contributed by atoms with Gasteiger partial charge in [-0.15, -0.1) is 0 Å². The normalized spacial score (nSPS) is 11.8. The van der Waals surface area contributed by atoms with E-state index in [0.717, 1.165) is 16.7 Å². The summed E-state index contributed by atoms with van der Waals surface area (Å²) in [4.78, 5) is 4.93. The lowest BCUT2D eigenvalue weighted by Gasteiger charge is -2.05. The lowest BCUT2D eigenvalue weighted by molar-refractivity contribution is 1.23. The SMILES string of the molecule is C(=C\c1nc2ccccc2c2cc3ccccn3c12)/c1ccccc1. The molecule has 0 fully saturated rings. The highest BCUT2D eigenvalue weighted by Gasteiger charge is 2.11. The summed E-state index contributed by atoms with van der Waals surface area (Å²) in [5, 5.41) is 2.43. The average molecular weight is 320 g/mol. The van der Waals surface area contributed by atoms with Crippen molar-refractivity contribution in [2.45, 2.75) is 0 Å². The van der Waals surface area contributed by atoms with E-state index in [2.05, 4.69) is 89.5 Å². The molecule has 3 heterocycles. The van der Waals surface area contributed by atoms with E-state index in [4.69, 9.17) is 4.98 Å². The molecule has 0 saturated carbocycles. The van der Waals surface area contributed by atoms with Crippen LogP contribution in [0.4, 0.5) is 0 Å². The van der Waals surface area contributed by atoms with Gasteiger partial charge in [-0.3, -0.25) is 0 Å². The molecule has 0 atom stereocenters. The summed E-state index contributed by atoms with van der Waals surface area (Å²) in [5.74, 6) is 0. The first-order valence-corrected chi connectivity index (χ1v) is 8.42. The van der Waals surface area contributed by atoms with E-state index >= 15 is 0 Å². The van der Waals surface area contributed by atoms with Gasteiger partial charge in [0.15, 0.2) is 0 Å². The largest absolute Gasteiger partial charge is 0.315 e. The van der Waals surface area contributed by atoms with Crippen LogP contribution in [-0.2, 0) is 0 Å². The summed E-state index contributed by atoms with van der Waals surface area (Å²) in [7, 11) is 0. The summed E-state index contributed by atoms with van der Waals surface area (Å²) in [6, 6.07) is 27.2. The number of benzene rings is 2. The van der Waals surface area contributed by atoms with Crippen molar-refractivity contribution >= 4 is 39.5 Å². The molecule has 0 radical (unpaired) electrons. The Morgan fingerprint density at radius 3 is 2.44 bits per heavy atom. The minimum absolute atomic E-state index is 0.990. The lowest BCUT2D eigenvalue weighted by atomic mass is 10.1. The van der Waals surface area contributed by atoms with Crippen LogP contribution in [0.5, 0.6) is 0 Å². The number of nitrogens with zero attached hydrogens (tertiary/aromatic N) is 2. The number of fused-ring (bicyclic) bond motifs is 5. The lowest BCUT2D eigenvalue weighted by Crippen LogP contribution is -1.90. The molecule has 0 spiro atoms. The van der Waals surface area contributed by atoms with E-state index < -0.39 is 0 Å². The molecule has 0 N–H and O–H groups in total. The van der Waals surface area contributed by atoms with E-state index in [-0.39, 0.29) is 0 Å². The third-order valence-corrected chi connectivity index (χ3v) is 4.59. The first-order valence-electron chi connectivity index (χ1n) is 8.42. The number of aromatic nitrogens is 2. The summed E-state index contributed by atoms with van der Waals surface area (Å²) in [6.07, 6.45) is 6.34. The third-order valence-electron chi connectivity index (χ3n) is 4.59. The zero-order valence-corrected chi connectivity index (χ0v) is 13.6. The molecule has 0 aliphatic carbocycles. The molecule has 2 aromatic carbocycles. The zero-order valence-electron chi connectivity index (χ0n) is 13.6. The van der Waals surface area contributed by atoms with Crippen molar-refractivity contribution in [2.24, 2.45) is 0 Å². The molecular formula is C23H16N2. The summed E-state index contributed by atoms with van der Waals surface area (Å²) in [5.41, 5.74) is 5.53. The first-order chi connectivity index (χ1) is 12.4. The van der Waals surface area contributed by atoms with Crippen LogP contribution in [0.3, 0.4) is 0 Å². The third kappa shape index (κ3) is 2.31. The van der Waals surface area contributed by atoms with Gasteiger partial charge in [0, 0.05) is 22.5 Å². The van der Waals surface area contributed by atoms with Crippen LogP contribution < -0.4 is 0 Å². The Labute approximate surface area is 145 Å². The second-order valence-electron chi connectivity index (χ2n) is 6.16. The molecule has 0 aliphatic heterocycles. The molecule has 2 nitrogen and oxygen atoms in total. The van der Waals surface area contributed by atoms with Crippen LogP contribution in [0, 0.1) is 0 Å². The van der Waals surface area contributed by atoms with Gasteiger partial charge >= 0.3 is 0 Å². The van der Waals surface area contributed by atoms with E-state index in [0.29, 0.717) is 0 Å². The fourth-order valence-corrected chi connectivity index (χ4v) is 3.43. The van der Waals surface area contributed by atoms with Gasteiger partial charge < -0.3 is 4.40 Å². The van der Waals surface area contributed by atoms with Gasteiger partial charge in [-0.25, -0.2) is 4.98 Å². The fraction of sp³-hybridized carbons (Fsp3) is 0. The molecule has 5 aromatic rings. The molecule has 0 bridgehead atoms. The summed E-state index contributed by atoms with van der Waals surface area (Å²) in [6.45, 7) is 0. The molecule has 0 amide bonds. The van der Waals surface area contributed by atoms with Crippen LogP contribution in [0.15, 0.2) is 85.1 Å². The Kier molecular flexibility index (Phi) is 3.14. The van der Waals surface area contributed by atoms with E-state index in [9.17, 15) is 0 Å². The van der Waals surface area contributed by atoms with Crippen LogP contribution in [0.2, 0.25) is 0 Å². The summed E-state index contributed by atoms with van der Waals surface area (Å²) < 4.78 is 2.22. The molecule has 118 valence electrons. The predicted molar refractivity (Wildman–Crippen MR) is 106 cm³/mol. The maximum atomic E-state index is 4.93. The van der Waals surface area contributed by atoms with Gasteiger partial charge in [-0.2, -0.15) is 0 Å². The van der Waals surface area contributed by atoms with Gasteiger partial charge in [-0.05, 0) is 35.9 Å². The average Bonchev–Trinajstić information content (AvgIpc) is 3.07. The highest BCUT2D eigenvalue weighted by Crippen LogP contribution is 2.30. The Hall–Kier alpha value is -3.39. The number of hydrogen-bond donors (Lipinski definition) is 0. The van der Waals surface area contributed by atoms with Gasteiger partial charge in [0.05, 0.1) is 16.7 Å². The van der Waals surface area contributed by atoms with Crippen molar-refractivity contribution in [1.82, 2.24) is 9.38 Å². The van der Waals surface area contributed by atoms with Crippen molar-refractivity contribution in [2.75, 3.05) is 0 Å². The first kappa shape index (κ1) is 14.0. The van der Waals surface area contributed by atoms with Gasteiger partial charge in [0.1, 0.15) is 0 Å². The predicted octanol–water partition coefficient (Wildman–Crippen LogP) is 5.81. The number of para-hydroxylation sites is 1. The minimum atomic E-state index is 0.990. The van der Waals surface area contributed by atoms with Crippen LogP contribution in [0.25, 0.3) is 39.5 Å². The number of rotatable bonds is 2. The monoisotopic (exact) mass is 320 g/mol. The zero-order chi connectivity index (χ0) is 16.6. The van der Waals surface area contributed by atoms with Crippen molar-refractivity contribution in [1.29, 1.82) is 0 Å². The van der Waals surface area contributed by atoms with Crippen LogP contribution in [-0.4, -0.2) is 9.38 Å². The van der Waals surface area contributed by atoms with E-state index in [1.54, 1.807) is 0 Å².